The Morgan fingerprint density at radius 1 is 1.50 bits per heavy atom. The van der Waals surface area contributed by atoms with E-state index in [0.717, 1.165) is 18.6 Å². The second-order valence-electron chi connectivity index (χ2n) is 6.52. The van der Waals surface area contributed by atoms with Crippen molar-refractivity contribution < 1.29 is 17.6 Å². The van der Waals surface area contributed by atoms with Gasteiger partial charge in [0.25, 0.3) is 0 Å². The number of hydrogen-bond acceptors (Lipinski definition) is 4. The minimum Gasteiger partial charge on any atom is -0.467 e. The van der Waals surface area contributed by atoms with Gasteiger partial charge in [0.2, 0.25) is 0 Å². The first-order chi connectivity index (χ1) is 10.1. The summed E-state index contributed by atoms with van der Waals surface area (Å²) < 4.78 is 27.8. The van der Waals surface area contributed by atoms with Gasteiger partial charge in [-0.3, -0.25) is 0 Å². The summed E-state index contributed by atoms with van der Waals surface area (Å²) >= 11 is 0. The van der Waals surface area contributed by atoms with Crippen LogP contribution in [-0.4, -0.2) is 42.9 Å². The summed E-state index contributed by atoms with van der Waals surface area (Å²) in [5, 5.41) is 2.76. The summed E-state index contributed by atoms with van der Waals surface area (Å²) in [6.07, 6.45) is 4.70. The van der Waals surface area contributed by atoms with Crippen molar-refractivity contribution >= 4 is 15.9 Å². The second-order valence-corrected chi connectivity index (χ2v) is 9.17. The zero-order valence-corrected chi connectivity index (χ0v) is 14.3. The molecule has 1 heterocycles. The SMILES string of the molecule is CC(c1ccco1)N(C(=O)NCC(C)(C)S(C)(=O)=O)C1CC1. The Bertz CT molecular complexity index is 618. The maximum atomic E-state index is 12.5. The Labute approximate surface area is 131 Å². The van der Waals surface area contributed by atoms with Crippen LogP contribution in [0.1, 0.15) is 45.4 Å². The van der Waals surface area contributed by atoms with E-state index >= 15 is 0 Å². The molecule has 0 radical (unpaired) electrons. The first-order valence-electron chi connectivity index (χ1n) is 7.42. The molecule has 0 aliphatic heterocycles. The summed E-state index contributed by atoms with van der Waals surface area (Å²) in [5.41, 5.74) is 0. The lowest BCUT2D eigenvalue weighted by Crippen LogP contribution is -2.49. The fourth-order valence-electron chi connectivity index (χ4n) is 2.19. The molecule has 1 unspecified atom stereocenters. The van der Waals surface area contributed by atoms with Gasteiger partial charge in [-0.2, -0.15) is 0 Å². The molecular weight excluding hydrogens is 304 g/mol. The number of carbonyl (C=O) groups excluding carboxylic acids is 1. The maximum absolute atomic E-state index is 12.5. The number of urea groups is 1. The van der Waals surface area contributed by atoms with Crippen LogP contribution in [-0.2, 0) is 9.84 Å². The van der Waals surface area contributed by atoms with E-state index in [4.69, 9.17) is 4.42 Å². The smallest absolute Gasteiger partial charge is 0.318 e. The largest absolute Gasteiger partial charge is 0.467 e. The van der Waals surface area contributed by atoms with Crippen molar-refractivity contribution in [3.8, 4) is 0 Å². The van der Waals surface area contributed by atoms with E-state index in [2.05, 4.69) is 5.32 Å². The van der Waals surface area contributed by atoms with Crippen LogP contribution in [0, 0.1) is 0 Å². The van der Waals surface area contributed by atoms with Crippen LogP contribution in [0.5, 0.6) is 0 Å². The summed E-state index contributed by atoms with van der Waals surface area (Å²) in [7, 11) is -3.24. The third kappa shape index (κ3) is 3.63. The van der Waals surface area contributed by atoms with Crippen molar-refractivity contribution in [3.05, 3.63) is 24.2 Å². The molecule has 1 aliphatic rings. The molecule has 1 atom stereocenters. The highest BCUT2D eigenvalue weighted by molar-refractivity contribution is 7.92. The van der Waals surface area contributed by atoms with Crippen molar-refractivity contribution in [1.29, 1.82) is 0 Å². The van der Waals surface area contributed by atoms with Crippen molar-refractivity contribution in [3.63, 3.8) is 0 Å². The van der Waals surface area contributed by atoms with Crippen LogP contribution in [0.25, 0.3) is 0 Å². The van der Waals surface area contributed by atoms with E-state index in [9.17, 15) is 13.2 Å². The number of rotatable bonds is 6. The molecule has 7 heteroatoms. The van der Waals surface area contributed by atoms with E-state index in [-0.39, 0.29) is 24.7 Å². The molecule has 124 valence electrons. The number of nitrogens with zero attached hydrogens (tertiary/aromatic N) is 1. The molecule has 1 N–H and O–H groups in total. The number of nitrogens with one attached hydrogen (secondary N) is 1. The van der Waals surface area contributed by atoms with E-state index in [1.807, 2.05) is 13.0 Å². The van der Waals surface area contributed by atoms with E-state index in [1.165, 1.54) is 6.26 Å². The van der Waals surface area contributed by atoms with Gasteiger partial charge in [-0.1, -0.05) is 0 Å². The summed E-state index contributed by atoms with van der Waals surface area (Å²) in [6, 6.07) is 3.41. The minimum absolute atomic E-state index is 0.0821. The fourth-order valence-corrected chi connectivity index (χ4v) is 2.52. The number of carbonyl (C=O) groups is 1. The molecule has 1 fully saturated rings. The Kier molecular flexibility index (Phi) is 4.56. The molecule has 1 aromatic heterocycles. The minimum atomic E-state index is -3.24. The van der Waals surface area contributed by atoms with Crippen LogP contribution >= 0.6 is 0 Å². The normalized spacial score (nSPS) is 17.1. The maximum Gasteiger partial charge on any atom is 0.318 e. The van der Waals surface area contributed by atoms with Crippen molar-refractivity contribution in [2.75, 3.05) is 12.8 Å². The third-order valence-corrected chi connectivity index (χ3v) is 6.37. The molecule has 1 saturated carbocycles. The summed E-state index contributed by atoms with van der Waals surface area (Å²) in [4.78, 5) is 14.3. The molecule has 22 heavy (non-hydrogen) atoms. The lowest BCUT2D eigenvalue weighted by atomic mass is 10.2. The van der Waals surface area contributed by atoms with Crippen LogP contribution in [0.3, 0.4) is 0 Å². The highest BCUT2D eigenvalue weighted by atomic mass is 32.2. The number of amides is 2. The van der Waals surface area contributed by atoms with E-state index < -0.39 is 14.6 Å². The molecule has 0 saturated heterocycles. The lowest BCUT2D eigenvalue weighted by Gasteiger charge is -2.30. The number of hydrogen-bond donors (Lipinski definition) is 1. The van der Waals surface area contributed by atoms with Gasteiger partial charge in [0.1, 0.15) is 5.76 Å². The van der Waals surface area contributed by atoms with Gasteiger partial charge >= 0.3 is 6.03 Å². The lowest BCUT2D eigenvalue weighted by molar-refractivity contribution is 0.165. The Balaban J connectivity index is 2.05. The Morgan fingerprint density at radius 2 is 2.14 bits per heavy atom. The molecule has 2 rings (SSSR count). The average Bonchev–Trinajstić information content (AvgIpc) is 3.07. The number of furan rings is 1. The quantitative estimate of drug-likeness (QED) is 0.869. The molecule has 6 nitrogen and oxygen atoms in total. The molecule has 0 aromatic carbocycles. The first-order valence-corrected chi connectivity index (χ1v) is 9.32. The standard InChI is InChI=1S/C15H24N2O4S/c1-11(13-6-5-9-21-13)17(12-7-8-12)14(18)16-10-15(2,3)22(4,19)20/h5-6,9,11-12H,7-8,10H2,1-4H3,(H,16,18). The Hall–Kier alpha value is -1.50. The van der Waals surface area contributed by atoms with E-state index in [1.54, 1.807) is 31.1 Å². The van der Waals surface area contributed by atoms with Crippen LogP contribution in [0.4, 0.5) is 4.79 Å². The topological polar surface area (TPSA) is 79.6 Å². The highest BCUT2D eigenvalue weighted by Crippen LogP contribution is 2.34. The molecule has 2 amide bonds. The molecular formula is C15H24N2O4S. The van der Waals surface area contributed by atoms with Gasteiger partial charge in [0.05, 0.1) is 17.1 Å². The molecule has 1 aliphatic carbocycles. The molecule has 0 spiro atoms. The van der Waals surface area contributed by atoms with E-state index in [0.29, 0.717) is 0 Å². The first kappa shape index (κ1) is 16.9. The van der Waals surface area contributed by atoms with Gasteiger partial charge in [-0.15, -0.1) is 0 Å². The average molecular weight is 328 g/mol. The zero-order chi connectivity index (χ0) is 16.5. The van der Waals surface area contributed by atoms with Gasteiger partial charge in [0, 0.05) is 18.8 Å². The second kappa shape index (κ2) is 5.95. The summed E-state index contributed by atoms with van der Waals surface area (Å²) in [5.74, 6) is 0.726. The van der Waals surface area contributed by atoms with Crippen molar-refractivity contribution in [1.82, 2.24) is 10.2 Å². The van der Waals surface area contributed by atoms with Crippen molar-refractivity contribution in [2.24, 2.45) is 0 Å². The zero-order valence-electron chi connectivity index (χ0n) is 13.5. The fraction of sp³-hybridized carbons (Fsp3) is 0.667. The monoisotopic (exact) mass is 328 g/mol. The predicted octanol–water partition coefficient (Wildman–Crippen LogP) is 2.34. The Morgan fingerprint density at radius 3 is 2.59 bits per heavy atom. The van der Waals surface area contributed by atoms with Crippen molar-refractivity contribution in [2.45, 2.75) is 50.4 Å². The van der Waals surface area contributed by atoms with Gasteiger partial charge in [0.15, 0.2) is 9.84 Å². The predicted molar refractivity (Wildman–Crippen MR) is 84.3 cm³/mol. The molecule has 1 aromatic rings. The van der Waals surface area contributed by atoms with Gasteiger partial charge in [-0.25, -0.2) is 13.2 Å². The van der Waals surface area contributed by atoms with Crippen LogP contribution < -0.4 is 5.32 Å². The third-order valence-electron chi connectivity index (χ3n) is 4.22. The molecule has 0 bridgehead atoms. The van der Waals surface area contributed by atoms with Gasteiger partial charge in [-0.05, 0) is 45.7 Å². The van der Waals surface area contributed by atoms with Crippen LogP contribution in [0.15, 0.2) is 22.8 Å². The summed E-state index contributed by atoms with van der Waals surface area (Å²) in [6.45, 7) is 5.22. The van der Waals surface area contributed by atoms with Crippen LogP contribution in [0.2, 0.25) is 0 Å². The number of sulfone groups is 1. The highest BCUT2D eigenvalue weighted by Gasteiger charge is 2.38. The van der Waals surface area contributed by atoms with Gasteiger partial charge < -0.3 is 14.6 Å².